The van der Waals surface area contributed by atoms with Gasteiger partial charge in [-0.3, -0.25) is 28.8 Å². The molecule has 0 spiro atoms. The van der Waals surface area contributed by atoms with Gasteiger partial charge in [-0.2, -0.15) is 0 Å². The van der Waals surface area contributed by atoms with Gasteiger partial charge in [-0.15, -0.1) is 0 Å². The molecule has 3 atom stereocenters. The van der Waals surface area contributed by atoms with E-state index in [-0.39, 0.29) is 31.7 Å². The van der Waals surface area contributed by atoms with Crippen LogP contribution in [0, 0.1) is 0 Å². The molecule has 0 heterocycles. The highest BCUT2D eigenvalue weighted by Gasteiger charge is 2.26. The van der Waals surface area contributed by atoms with Gasteiger partial charge in [-0.1, -0.05) is 6.92 Å². The zero-order valence-corrected chi connectivity index (χ0v) is 19.0. The van der Waals surface area contributed by atoms with Crippen LogP contribution in [-0.2, 0) is 28.8 Å². The highest BCUT2D eigenvalue weighted by atomic mass is 16.4. The van der Waals surface area contributed by atoms with E-state index in [0.717, 1.165) is 0 Å². The molecule has 0 rings (SSSR count). The number of nitrogens with one attached hydrogen (secondary N) is 4. The Morgan fingerprint density at radius 3 is 2.03 bits per heavy atom. The molecular weight excluding hydrogens is 438 g/mol. The normalized spacial score (nSPS) is 13.2. The molecule has 0 radical (unpaired) electrons. The summed E-state index contributed by atoms with van der Waals surface area (Å²) in [5.41, 5.74) is 5.45. The fourth-order valence-corrected chi connectivity index (χ4v) is 2.68. The van der Waals surface area contributed by atoms with Crippen LogP contribution in [0.15, 0.2) is 0 Å². The molecule has 188 valence electrons. The molecule has 0 fully saturated rings. The summed E-state index contributed by atoms with van der Waals surface area (Å²) >= 11 is 0. The van der Waals surface area contributed by atoms with Crippen LogP contribution in [0.4, 0.5) is 0 Å². The highest BCUT2D eigenvalue weighted by Crippen LogP contribution is 2.03. The van der Waals surface area contributed by atoms with E-state index >= 15 is 0 Å². The number of carboxylic acid groups (broad SMARTS) is 1. The third-order valence-electron chi connectivity index (χ3n) is 4.52. The molecule has 0 aliphatic heterocycles. The monoisotopic (exact) mass is 473 g/mol. The van der Waals surface area contributed by atoms with Crippen molar-refractivity contribution in [2.75, 3.05) is 19.6 Å². The molecule has 13 heteroatoms. The third kappa shape index (κ3) is 13.9. The summed E-state index contributed by atoms with van der Waals surface area (Å²) in [6.07, 6.45) is -0.491. The van der Waals surface area contributed by atoms with Gasteiger partial charge in [0, 0.05) is 12.8 Å². The van der Waals surface area contributed by atoms with Crippen LogP contribution in [-0.4, -0.2) is 83.4 Å². The Labute approximate surface area is 192 Å². The number of hydrogen-bond acceptors (Lipinski definition) is 8. The number of unbranched alkanes of at least 4 members (excludes halogenated alkanes) is 1. The molecule has 0 saturated carbocycles. The van der Waals surface area contributed by atoms with Crippen molar-refractivity contribution in [1.82, 2.24) is 21.3 Å². The SMILES string of the molecule is CCC(=O)NCC(=O)N[C@@H](CCCCN)C(=O)NCC(=O)N[C@H](C(=O)CCC(=O)O)[C@@H](C)O. The van der Waals surface area contributed by atoms with E-state index in [1.54, 1.807) is 6.92 Å². The number of aliphatic carboxylic acids is 1. The standard InChI is InChI=1S/C20H35N5O8/c1-3-15(28)22-10-16(29)24-13(6-4-5-9-21)20(33)23-11-17(30)25-19(12(2)26)14(27)7-8-18(31)32/h12-13,19,26H,3-11,21H2,1-2H3,(H,22,28)(H,23,33)(H,24,29)(H,25,30)(H,31,32)/t12-,13+,19+/m1/s1. The minimum Gasteiger partial charge on any atom is -0.481 e. The van der Waals surface area contributed by atoms with Crippen molar-refractivity contribution in [3.8, 4) is 0 Å². The number of aliphatic hydroxyl groups is 1. The molecule has 0 aliphatic rings. The van der Waals surface area contributed by atoms with Gasteiger partial charge in [0.1, 0.15) is 12.1 Å². The lowest BCUT2D eigenvalue weighted by atomic mass is 10.0. The average molecular weight is 474 g/mol. The van der Waals surface area contributed by atoms with Crippen LogP contribution in [0.5, 0.6) is 0 Å². The maximum atomic E-state index is 12.5. The van der Waals surface area contributed by atoms with Crippen molar-refractivity contribution in [3.63, 3.8) is 0 Å². The smallest absolute Gasteiger partial charge is 0.303 e. The van der Waals surface area contributed by atoms with Crippen LogP contribution in [0.3, 0.4) is 0 Å². The Morgan fingerprint density at radius 1 is 0.879 bits per heavy atom. The van der Waals surface area contributed by atoms with Crippen molar-refractivity contribution in [2.24, 2.45) is 5.73 Å². The fourth-order valence-electron chi connectivity index (χ4n) is 2.68. The number of carbonyl (C=O) groups excluding carboxylic acids is 5. The zero-order valence-electron chi connectivity index (χ0n) is 19.0. The maximum Gasteiger partial charge on any atom is 0.303 e. The summed E-state index contributed by atoms with van der Waals surface area (Å²) in [6, 6.07) is -2.30. The van der Waals surface area contributed by atoms with Gasteiger partial charge in [0.15, 0.2) is 5.78 Å². The molecule has 0 aliphatic carbocycles. The van der Waals surface area contributed by atoms with E-state index in [0.29, 0.717) is 19.4 Å². The Kier molecular flexibility index (Phi) is 15.0. The number of hydrogen-bond donors (Lipinski definition) is 7. The Hall–Kier alpha value is -3.06. The van der Waals surface area contributed by atoms with E-state index < -0.39 is 60.6 Å². The van der Waals surface area contributed by atoms with E-state index in [1.165, 1.54) is 6.92 Å². The maximum absolute atomic E-state index is 12.5. The minimum absolute atomic E-state index is 0.203. The summed E-state index contributed by atoms with van der Waals surface area (Å²) in [5.74, 6) is -4.18. The first-order chi connectivity index (χ1) is 15.5. The molecule has 0 bridgehead atoms. The van der Waals surface area contributed by atoms with E-state index in [4.69, 9.17) is 10.8 Å². The lowest BCUT2D eigenvalue weighted by molar-refractivity contribution is -0.139. The van der Waals surface area contributed by atoms with Crippen molar-refractivity contribution < 1.29 is 39.0 Å². The molecule has 0 aromatic carbocycles. The van der Waals surface area contributed by atoms with Crippen molar-refractivity contribution in [2.45, 2.75) is 70.6 Å². The van der Waals surface area contributed by atoms with E-state index in [1.807, 2.05) is 0 Å². The quantitative estimate of drug-likeness (QED) is 0.111. The predicted octanol–water partition coefficient (Wildman–Crippen LogP) is -2.46. The first-order valence-electron chi connectivity index (χ1n) is 10.8. The molecule has 0 saturated heterocycles. The second kappa shape index (κ2) is 16.6. The van der Waals surface area contributed by atoms with Gasteiger partial charge in [0.2, 0.25) is 23.6 Å². The number of aliphatic hydroxyl groups excluding tert-OH is 1. The van der Waals surface area contributed by atoms with Crippen molar-refractivity contribution in [1.29, 1.82) is 0 Å². The second-order valence-corrected chi connectivity index (χ2v) is 7.40. The Bertz CT molecular complexity index is 698. The van der Waals surface area contributed by atoms with Crippen LogP contribution in [0.2, 0.25) is 0 Å². The number of nitrogens with two attached hydrogens (primary N) is 1. The number of rotatable bonds is 17. The molecule has 0 aromatic rings. The lowest BCUT2D eigenvalue weighted by Crippen LogP contribution is -2.53. The Morgan fingerprint density at radius 2 is 1.48 bits per heavy atom. The topological polar surface area (TPSA) is 217 Å². The van der Waals surface area contributed by atoms with Gasteiger partial charge in [-0.05, 0) is 32.7 Å². The van der Waals surface area contributed by atoms with Crippen LogP contribution < -0.4 is 27.0 Å². The molecule has 33 heavy (non-hydrogen) atoms. The van der Waals surface area contributed by atoms with Gasteiger partial charge in [0.25, 0.3) is 0 Å². The van der Waals surface area contributed by atoms with E-state index in [9.17, 15) is 33.9 Å². The largest absolute Gasteiger partial charge is 0.481 e. The number of Topliss-reactive ketones (excluding diaryl/α,β-unsaturated/α-hetero) is 1. The second-order valence-electron chi connectivity index (χ2n) is 7.40. The lowest BCUT2D eigenvalue weighted by Gasteiger charge is -2.21. The summed E-state index contributed by atoms with van der Waals surface area (Å²) in [7, 11) is 0. The molecule has 0 aromatic heterocycles. The molecule has 8 N–H and O–H groups in total. The number of carboxylic acids is 1. The third-order valence-corrected chi connectivity index (χ3v) is 4.52. The summed E-state index contributed by atoms with van der Waals surface area (Å²) in [6.45, 7) is 2.45. The number of ketones is 1. The molecular formula is C20H35N5O8. The zero-order chi connectivity index (χ0) is 25.4. The molecule has 13 nitrogen and oxygen atoms in total. The van der Waals surface area contributed by atoms with Gasteiger partial charge < -0.3 is 37.2 Å². The Balaban J connectivity index is 4.86. The highest BCUT2D eigenvalue weighted by molar-refractivity contribution is 5.94. The molecule has 4 amide bonds. The van der Waals surface area contributed by atoms with Gasteiger partial charge >= 0.3 is 5.97 Å². The summed E-state index contributed by atoms with van der Waals surface area (Å²) in [4.78, 5) is 70.7. The van der Waals surface area contributed by atoms with E-state index in [2.05, 4.69) is 21.3 Å². The molecule has 0 unspecified atom stereocenters. The fraction of sp³-hybridized carbons (Fsp3) is 0.700. The van der Waals surface area contributed by atoms with Crippen LogP contribution in [0.1, 0.15) is 52.4 Å². The first kappa shape index (κ1) is 29.9. The van der Waals surface area contributed by atoms with Gasteiger partial charge in [-0.25, -0.2) is 0 Å². The average Bonchev–Trinajstić information content (AvgIpc) is 2.76. The summed E-state index contributed by atoms with van der Waals surface area (Å²) < 4.78 is 0. The number of amides is 4. The first-order valence-corrected chi connectivity index (χ1v) is 10.8. The summed E-state index contributed by atoms with van der Waals surface area (Å²) in [5, 5.41) is 27.9. The number of carbonyl (C=O) groups is 6. The van der Waals surface area contributed by atoms with Crippen molar-refractivity contribution in [3.05, 3.63) is 0 Å². The van der Waals surface area contributed by atoms with Crippen LogP contribution >= 0.6 is 0 Å². The van der Waals surface area contributed by atoms with Crippen LogP contribution in [0.25, 0.3) is 0 Å². The van der Waals surface area contributed by atoms with Gasteiger partial charge in [0.05, 0.1) is 25.6 Å². The predicted molar refractivity (Wildman–Crippen MR) is 117 cm³/mol. The minimum atomic E-state index is -1.32. The van der Waals surface area contributed by atoms with Crippen molar-refractivity contribution >= 4 is 35.4 Å².